The Hall–Kier alpha value is -3.65. The first kappa shape index (κ1) is 21.1. The molecule has 0 saturated carbocycles. The maximum absolute atomic E-state index is 13.0. The van der Waals surface area contributed by atoms with Crippen LogP contribution in [0, 0.1) is 6.92 Å². The van der Waals surface area contributed by atoms with Crippen molar-refractivity contribution in [3.05, 3.63) is 63.7 Å². The number of halogens is 1. The molecule has 2 aromatic carbocycles. The van der Waals surface area contributed by atoms with Crippen molar-refractivity contribution in [1.82, 2.24) is 5.32 Å². The van der Waals surface area contributed by atoms with Crippen LogP contribution in [-0.2, 0) is 9.59 Å². The molecule has 30 heavy (non-hydrogen) atoms. The highest BCUT2D eigenvalue weighted by molar-refractivity contribution is 6.39. The van der Waals surface area contributed by atoms with Gasteiger partial charge in [0, 0.05) is 5.02 Å². The molecule has 0 aromatic heterocycles. The van der Waals surface area contributed by atoms with Crippen LogP contribution in [0.15, 0.2) is 42.0 Å². The number of carbonyl (C=O) groups excluding carboxylic acids is 3. The molecule has 0 bridgehead atoms. The second-order valence-corrected chi connectivity index (χ2v) is 6.82. The minimum Gasteiger partial charge on any atom is -0.493 e. The summed E-state index contributed by atoms with van der Waals surface area (Å²) in [6, 6.07) is 8.04. The number of barbiturate groups is 1. The van der Waals surface area contributed by atoms with Crippen LogP contribution in [-0.4, -0.2) is 35.5 Å². The van der Waals surface area contributed by atoms with Gasteiger partial charge in [0.05, 0.1) is 12.3 Å². The molecule has 4 amide bonds. The maximum Gasteiger partial charge on any atom is 0.339 e. The number of carboxylic acid groups (broad SMARTS) is 1. The Bertz CT molecular complexity index is 1110. The lowest BCUT2D eigenvalue weighted by atomic mass is 10.0. The van der Waals surface area contributed by atoms with E-state index >= 15 is 0 Å². The lowest BCUT2D eigenvalue weighted by Crippen LogP contribution is -2.54. The molecule has 0 unspecified atom stereocenters. The lowest BCUT2D eigenvalue weighted by Gasteiger charge is -2.27. The van der Waals surface area contributed by atoms with Crippen LogP contribution in [0.1, 0.15) is 28.4 Å². The molecule has 1 aliphatic heterocycles. The van der Waals surface area contributed by atoms with Crippen LogP contribution in [0.25, 0.3) is 6.08 Å². The molecule has 1 aliphatic rings. The van der Waals surface area contributed by atoms with Gasteiger partial charge in [-0.25, -0.2) is 14.5 Å². The zero-order chi connectivity index (χ0) is 22.0. The number of hydrogen-bond acceptors (Lipinski definition) is 5. The summed E-state index contributed by atoms with van der Waals surface area (Å²) in [4.78, 5) is 50.0. The van der Waals surface area contributed by atoms with Gasteiger partial charge in [-0.2, -0.15) is 0 Å². The monoisotopic (exact) mass is 428 g/mol. The first-order chi connectivity index (χ1) is 14.2. The van der Waals surface area contributed by atoms with E-state index in [0.29, 0.717) is 10.6 Å². The molecule has 1 saturated heterocycles. The number of aryl methyl sites for hydroxylation is 1. The molecular weight excluding hydrogens is 412 g/mol. The molecule has 0 atom stereocenters. The molecule has 0 radical (unpaired) electrons. The number of anilines is 1. The van der Waals surface area contributed by atoms with Crippen LogP contribution >= 0.6 is 11.6 Å². The fourth-order valence-corrected chi connectivity index (χ4v) is 3.12. The Labute approximate surface area is 176 Å². The van der Waals surface area contributed by atoms with Crippen molar-refractivity contribution in [2.75, 3.05) is 11.5 Å². The van der Waals surface area contributed by atoms with E-state index in [1.807, 2.05) is 0 Å². The van der Waals surface area contributed by atoms with Crippen LogP contribution in [0.2, 0.25) is 5.02 Å². The molecule has 3 rings (SSSR count). The van der Waals surface area contributed by atoms with Gasteiger partial charge >= 0.3 is 12.0 Å². The summed E-state index contributed by atoms with van der Waals surface area (Å²) in [5, 5.41) is 11.8. The molecule has 1 fully saturated rings. The van der Waals surface area contributed by atoms with Crippen molar-refractivity contribution < 1.29 is 29.0 Å². The van der Waals surface area contributed by atoms with Gasteiger partial charge < -0.3 is 9.84 Å². The van der Waals surface area contributed by atoms with Crippen molar-refractivity contribution in [1.29, 1.82) is 0 Å². The first-order valence-electron chi connectivity index (χ1n) is 8.90. The maximum atomic E-state index is 13.0. The Morgan fingerprint density at radius 1 is 1.20 bits per heavy atom. The Balaban J connectivity index is 2.06. The van der Waals surface area contributed by atoms with Gasteiger partial charge in [-0.15, -0.1) is 0 Å². The van der Waals surface area contributed by atoms with Gasteiger partial charge in [0.25, 0.3) is 11.8 Å². The van der Waals surface area contributed by atoms with Gasteiger partial charge in [-0.3, -0.25) is 14.9 Å². The number of ether oxygens (including phenoxy) is 1. The summed E-state index contributed by atoms with van der Waals surface area (Å²) >= 11 is 6.00. The van der Waals surface area contributed by atoms with Crippen LogP contribution < -0.4 is 15.0 Å². The predicted octanol–water partition coefficient (Wildman–Crippen LogP) is 3.41. The van der Waals surface area contributed by atoms with Crippen molar-refractivity contribution in [3.8, 4) is 5.75 Å². The fourth-order valence-electron chi connectivity index (χ4n) is 2.95. The molecule has 8 nitrogen and oxygen atoms in total. The number of amides is 4. The van der Waals surface area contributed by atoms with Gasteiger partial charge in [0.1, 0.15) is 16.9 Å². The fraction of sp³-hybridized carbons (Fsp3) is 0.143. The molecule has 2 N–H and O–H groups in total. The van der Waals surface area contributed by atoms with E-state index in [0.717, 1.165) is 4.90 Å². The zero-order valence-corrected chi connectivity index (χ0v) is 16.8. The van der Waals surface area contributed by atoms with Crippen molar-refractivity contribution in [2.45, 2.75) is 13.8 Å². The molecular formula is C21H17ClN2O6. The molecule has 9 heteroatoms. The van der Waals surface area contributed by atoms with Gasteiger partial charge in [0.2, 0.25) is 0 Å². The third-order valence-corrected chi connectivity index (χ3v) is 4.59. The van der Waals surface area contributed by atoms with Gasteiger partial charge in [0.15, 0.2) is 0 Å². The SMILES string of the molecule is CCOc1ccc(/C=C2\C(=O)NC(=O)N(c3cc(Cl)ccc3C)C2=O)cc1C(=O)O. The highest BCUT2D eigenvalue weighted by Crippen LogP contribution is 2.28. The minimum absolute atomic E-state index is 0.117. The summed E-state index contributed by atoms with van der Waals surface area (Å²) in [5.74, 6) is -2.78. The number of benzene rings is 2. The summed E-state index contributed by atoms with van der Waals surface area (Å²) in [7, 11) is 0. The summed E-state index contributed by atoms with van der Waals surface area (Å²) in [6.07, 6.45) is 1.22. The van der Waals surface area contributed by atoms with E-state index in [-0.39, 0.29) is 34.7 Å². The third-order valence-electron chi connectivity index (χ3n) is 4.36. The number of carbonyl (C=O) groups is 4. The van der Waals surface area contributed by atoms with Gasteiger partial charge in [-0.1, -0.05) is 23.7 Å². The standard InChI is InChI=1S/C21H17ClN2O6/c1-3-30-17-7-5-12(8-14(17)20(27)28)9-15-18(25)23-21(29)24(19(15)26)16-10-13(22)6-4-11(16)2/h4-10H,3H2,1-2H3,(H,27,28)(H,23,25,29)/b15-9+. The van der Waals surface area contributed by atoms with Crippen LogP contribution in [0.5, 0.6) is 5.75 Å². The summed E-state index contributed by atoms with van der Waals surface area (Å²) < 4.78 is 5.29. The lowest BCUT2D eigenvalue weighted by molar-refractivity contribution is -0.122. The van der Waals surface area contributed by atoms with Gasteiger partial charge in [-0.05, 0) is 55.3 Å². The second-order valence-electron chi connectivity index (χ2n) is 6.38. The number of nitrogens with zero attached hydrogens (tertiary/aromatic N) is 1. The number of urea groups is 1. The number of rotatable bonds is 5. The molecule has 0 spiro atoms. The quantitative estimate of drug-likeness (QED) is 0.557. The zero-order valence-electron chi connectivity index (χ0n) is 16.1. The van der Waals surface area contributed by atoms with Crippen molar-refractivity contribution in [2.24, 2.45) is 0 Å². The molecule has 154 valence electrons. The number of aromatic carboxylic acids is 1. The van der Waals surface area contributed by atoms with E-state index in [1.54, 1.807) is 26.0 Å². The molecule has 1 heterocycles. The normalized spacial score (nSPS) is 15.4. The number of carboxylic acids is 1. The van der Waals surface area contributed by atoms with E-state index in [1.165, 1.54) is 30.3 Å². The van der Waals surface area contributed by atoms with Crippen molar-refractivity contribution >= 4 is 47.2 Å². The molecule has 2 aromatic rings. The average Bonchev–Trinajstić information content (AvgIpc) is 2.68. The van der Waals surface area contributed by atoms with E-state index in [9.17, 15) is 24.3 Å². The third kappa shape index (κ3) is 4.04. The summed E-state index contributed by atoms with van der Waals surface area (Å²) in [6.45, 7) is 3.69. The Morgan fingerprint density at radius 3 is 2.60 bits per heavy atom. The smallest absolute Gasteiger partial charge is 0.339 e. The van der Waals surface area contributed by atoms with E-state index in [4.69, 9.17) is 16.3 Å². The highest BCUT2D eigenvalue weighted by atomic mass is 35.5. The average molecular weight is 429 g/mol. The number of hydrogen-bond donors (Lipinski definition) is 2. The topological polar surface area (TPSA) is 113 Å². The van der Waals surface area contributed by atoms with E-state index in [2.05, 4.69) is 5.32 Å². The van der Waals surface area contributed by atoms with Crippen molar-refractivity contribution in [3.63, 3.8) is 0 Å². The summed E-state index contributed by atoms with van der Waals surface area (Å²) in [5.41, 5.74) is 0.682. The largest absolute Gasteiger partial charge is 0.493 e. The Morgan fingerprint density at radius 2 is 1.93 bits per heavy atom. The Kier molecular flexibility index (Phi) is 5.89. The van der Waals surface area contributed by atoms with E-state index < -0.39 is 23.8 Å². The molecule has 0 aliphatic carbocycles. The van der Waals surface area contributed by atoms with Crippen LogP contribution in [0.3, 0.4) is 0 Å². The second kappa shape index (κ2) is 8.38. The van der Waals surface area contributed by atoms with Crippen LogP contribution in [0.4, 0.5) is 10.5 Å². The minimum atomic E-state index is -1.22. The number of nitrogens with one attached hydrogen (secondary N) is 1. The number of imide groups is 2. The first-order valence-corrected chi connectivity index (χ1v) is 9.28. The predicted molar refractivity (Wildman–Crippen MR) is 110 cm³/mol. The highest BCUT2D eigenvalue weighted by Gasteiger charge is 2.37.